The number of rotatable bonds is 10. The zero-order valence-corrected chi connectivity index (χ0v) is 23.1. The van der Waals surface area contributed by atoms with Crippen LogP contribution in [0.5, 0.6) is 11.5 Å². The molecule has 3 rings (SSSR count). The number of amides is 1. The van der Waals surface area contributed by atoms with Gasteiger partial charge in [-0.2, -0.15) is 5.26 Å². The predicted molar refractivity (Wildman–Crippen MR) is 151 cm³/mol. The highest BCUT2D eigenvalue weighted by molar-refractivity contribution is 14.1. The molecule has 0 radical (unpaired) electrons. The van der Waals surface area contributed by atoms with E-state index < -0.39 is 11.9 Å². The number of anilines is 1. The maximum absolute atomic E-state index is 12.8. The largest absolute Gasteiger partial charge is 0.490 e. The molecule has 0 spiro atoms. The Hall–Kier alpha value is -3.55. The van der Waals surface area contributed by atoms with E-state index in [2.05, 4.69) is 27.9 Å². The Bertz CT molecular complexity index is 1350. The van der Waals surface area contributed by atoms with Gasteiger partial charge in [0.2, 0.25) is 0 Å². The Kier molecular flexibility index (Phi) is 10.4. The number of carbonyl (C=O) groups is 2. The first kappa shape index (κ1) is 28.0. The smallest absolute Gasteiger partial charge is 0.338 e. The van der Waals surface area contributed by atoms with Crippen molar-refractivity contribution >= 4 is 57.8 Å². The van der Waals surface area contributed by atoms with Gasteiger partial charge in [0, 0.05) is 10.7 Å². The van der Waals surface area contributed by atoms with Gasteiger partial charge in [-0.3, -0.25) is 4.79 Å². The van der Waals surface area contributed by atoms with Gasteiger partial charge in [0.15, 0.2) is 11.5 Å². The number of nitrogens with zero attached hydrogens (tertiary/aromatic N) is 1. The number of benzene rings is 3. The fourth-order valence-electron chi connectivity index (χ4n) is 3.27. The summed E-state index contributed by atoms with van der Waals surface area (Å²) >= 11 is 8.19. The molecule has 0 fully saturated rings. The molecule has 0 unspecified atom stereocenters. The minimum atomic E-state index is -0.583. The molecule has 1 amide bonds. The van der Waals surface area contributed by atoms with Crippen molar-refractivity contribution in [2.45, 2.75) is 20.5 Å². The summed E-state index contributed by atoms with van der Waals surface area (Å²) in [5.74, 6) is 0.0254. The Morgan fingerprint density at radius 2 is 1.81 bits per heavy atom. The standard InChI is InChI=1S/C28H24ClIN2O5/c1-3-35-25-15-19(14-24(30)26(25)37-17-18-6-5-7-22(29)13-18)12-21(16-31)27(33)32-23-10-8-20(9-11-23)28(34)36-4-2/h5-15H,3-4,17H2,1-2H3,(H,32,33)/b21-12+. The molecule has 0 bridgehead atoms. The summed E-state index contributed by atoms with van der Waals surface area (Å²) in [6, 6.07) is 19.1. The van der Waals surface area contributed by atoms with Crippen LogP contribution in [0.15, 0.2) is 66.2 Å². The number of nitrogens with one attached hydrogen (secondary N) is 1. The summed E-state index contributed by atoms with van der Waals surface area (Å²) < 4.78 is 17.5. The van der Waals surface area contributed by atoms with Crippen molar-refractivity contribution in [2.24, 2.45) is 0 Å². The minimum absolute atomic E-state index is 0.0969. The van der Waals surface area contributed by atoms with Crippen LogP contribution in [-0.4, -0.2) is 25.1 Å². The van der Waals surface area contributed by atoms with Gasteiger partial charge < -0.3 is 19.5 Å². The summed E-state index contributed by atoms with van der Waals surface area (Å²) in [7, 11) is 0. The lowest BCUT2D eigenvalue weighted by Crippen LogP contribution is -2.13. The van der Waals surface area contributed by atoms with Gasteiger partial charge in [0.05, 0.1) is 22.3 Å². The van der Waals surface area contributed by atoms with Crippen LogP contribution in [0.3, 0.4) is 0 Å². The average molecular weight is 631 g/mol. The molecule has 1 N–H and O–H groups in total. The minimum Gasteiger partial charge on any atom is -0.490 e. The predicted octanol–water partition coefficient (Wildman–Crippen LogP) is 6.64. The van der Waals surface area contributed by atoms with Crippen molar-refractivity contribution in [3.8, 4) is 17.6 Å². The first-order valence-corrected chi connectivity index (χ1v) is 12.8. The van der Waals surface area contributed by atoms with Crippen LogP contribution in [0.2, 0.25) is 5.02 Å². The lowest BCUT2D eigenvalue weighted by Gasteiger charge is -2.15. The molecule has 0 saturated heterocycles. The molecule has 3 aromatic carbocycles. The van der Waals surface area contributed by atoms with Crippen molar-refractivity contribution in [1.29, 1.82) is 5.26 Å². The molecule has 0 heterocycles. The van der Waals surface area contributed by atoms with Crippen molar-refractivity contribution in [2.75, 3.05) is 18.5 Å². The summed E-state index contributed by atoms with van der Waals surface area (Å²) in [4.78, 5) is 24.6. The van der Waals surface area contributed by atoms with Crippen LogP contribution < -0.4 is 14.8 Å². The first-order chi connectivity index (χ1) is 17.8. The van der Waals surface area contributed by atoms with Gasteiger partial charge in [0.1, 0.15) is 18.2 Å². The molecule has 190 valence electrons. The Balaban J connectivity index is 1.79. The van der Waals surface area contributed by atoms with Crippen LogP contribution in [-0.2, 0) is 16.1 Å². The third-order valence-electron chi connectivity index (χ3n) is 4.93. The topological polar surface area (TPSA) is 97.7 Å². The fourth-order valence-corrected chi connectivity index (χ4v) is 4.27. The SMILES string of the molecule is CCOC(=O)c1ccc(NC(=O)/C(C#N)=C/c2cc(I)c(OCc3cccc(Cl)c3)c(OCC)c2)cc1. The van der Waals surface area contributed by atoms with Crippen LogP contribution in [0.4, 0.5) is 5.69 Å². The van der Waals surface area contributed by atoms with Gasteiger partial charge in [-0.25, -0.2) is 4.79 Å². The van der Waals surface area contributed by atoms with Gasteiger partial charge in [-0.1, -0.05) is 23.7 Å². The Morgan fingerprint density at radius 1 is 1.05 bits per heavy atom. The second-order valence-corrected chi connectivity index (χ2v) is 9.20. The molecule has 7 nitrogen and oxygen atoms in total. The lowest BCUT2D eigenvalue weighted by molar-refractivity contribution is -0.112. The Labute approximate surface area is 234 Å². The normalized spacial score (nSPS) is 10.8. The van der Waals surface area contributed by atoms with E-state index >= 15 is 0 Å². The van der Waals surface area contributed by atoms with Crippen LogP contribution in [0, 0.1) is 14.9 Å². The molecular weight excluding hydrogens is 607 g/mol. The van der Waals surface area contributed by atoms with E-state index in [-0.39, 0.29) is 12.2 Å². The van der Waals surface area contributed by atoms with E-state index in [1.54, 1.807) is 49.4 Å². The molecule has 0 aromatic heterocycles. The van der Waals surface area contributed by atoms with Gasteiger partial charge in [0.25, 0.3) is 5.91 Å². The zero-order chi connectivity index (χ0) is 26.8. The highest BCUT2D eigenvalue weighted by Crippen LogP contribution is 2.35. The van der Waals surface area contributed by atoms with Crippen LogP contribution in [0.25, 0.3) is 6.08 Å². The monoisotopic (exact) mass is 630 g/mol. The molecule has 3 aromatic rings. The summed E-state index contributed by atoms with van der Waals surface area (Å²) in [6.07, 6.45) is 1.48. The second-order valence-electron chi connectivity index (χ2n) is 7.60. The van der Waals surface area contributed by atoms with Gasteiger partial charge in [-0.15, -0.1) is 0 Å². The number of hydrogen-bond acceptors (Lipinski definition) is 6. The lowest BCUT2D eigenvalue weighted by atomic mass is 10.1. The highest BCUT2D eigenvalue weighted by atomic mass is 127. The molecule has 0 aliphatic rings. The van der Waals surface area contributed by atoms with E-state index in [1.807, 2.05) is 31.2 Å². The quantitative estimate of drug-likeness (QED) is 0.117. The summed E-state index contributed by atoms with van der Waals surface area (Å²) in [5.41, 5.74) is 2.22. The number of halogens is 2. The molecule has 0 aliphatic carbocycles. The van der Waals surface area contributed by atoms with E-state index in [4.69, 9.17) is 25.8 Å². The average Bonchev–Trinajstić information content (AvgIpc) is 2.87. The molecule has 0 saturated carbocycles. The molecule has 9 heteroatoms. The molecule has 0 atom stereocenters. The van der Waals surface area contributed by atoms with Crippen LogP contribution in [0.1, 0.15) is 35.3 Å². The first-order valence-electron chi connectivity index (χ1n) is 11.4. The summed E-state index contributed by atoms with van der Waals surface area (Å²) in [6.45, 7) is 4.56. The van der Waals surface area contributed by atoms with Crippen LogP contribution >= 0.6 is 34.2 Å². The zero-order valence-electron chi connectivity index (χ0n) is 20.2. The van der Waals surface area contributed by atoms with E-state index in [9.17, 15) is 14.9 Å². The number of carbonyl (C=O) groups excluding carboxylic acids is 2. The maximum atomic E-state index is 12.8. The molecule has 37 heavy (non-hydrogen) atoms. The number of nitriles is 1. The van der Waals surface area contributed by atoms with Crippen molar-refractivity contribution in [3.63, 3.8) is 0 Å². The maximum Gasteiger partial charge on any atom is 0.338 e. The molecular formula is C28H24ClIN2O5. The number of esters is 1. The number of ether oxygens (including phenoxy) is 3. The third kappa shape index (κ3) is 7.97. The fraction of sp³-hybridized carbons (Fsp3) is 0.179. The highest BCUT2D eigenvalue weighted by Gasteiger charge is 2.15. The van der Waals surface area contributed by atoms with Gasteiger partial charge in [-0.05, 0) is 102 Å². The van der Waals surface area contributed by atoms with E-state index in [0.717, 1.165) is 9.13 Å². The molecule has 0 aliphatic heterocycles. The van der Waals surface area contributed by atoms with E-state index in [0.29, 0.717) is 46.5 Å². The van der Waals surface area contributed by atoms with Gasteiger partial charge >= 0.3 is 5.97 Å². The van der Waals surface area contributed by atoms with Crippen molar-refractivity contribution in [1.82, 2.24) is 0 Å². The number of hydrogen-bond donors (Lipinski definition) is 1. The van der Waals surface area contributed by atoms with E-state index in [1.165, 1.54) is 6.08 Å². The third-order valence-corrected chi connectivity index (χ3v) is 5.97. The van der Waals surface area contributed by atoms with Crippen molar-refractivity contribution < 1.29 is 23.8 Å². The Morgan fingerprint density at radius 3 is 2.46 bits per heavy atom. The second kappa shape index (κ2) is 13.7. The summed E-state index contributed by atoms with van der Waals surface area (Å²) in [5, 5.41) is 12.9. The van der Waals surface area contributed by atoms with Crippen molar-refractivity contribution in [3.05, 3.63) is 91.5 Å².